The number of benzene rings is 1. The summed E-state index contributed by atoms with van der Waals surface area (Å²) >= 11 is 24.1. The van der Waals surface area contributed by atoms with Crippen LogP contribution in [0.5, 0.6) is 0 Å². The lowest BCUT2D eigenvalue weighted by Gasteiger charge is -2.13. The van der Waals surface area contributed by atoms with E-state index in [1.165, 1.54) is 6.08 Å². The van der Waals surface area contributed by atoms with Gasteiger partial charge in [-0.25, -0.2) is 0 Å². The predicted molar refractivity (Wildman–Crippen MR) is 76.2 cm³/mol. The minimum atomic E-state index is -0.251. The third-order valence-corrected chi connectivity index (χ3v) is 3.95. The molecule has 0 aliphatic heterocycles. The van der Waals surface area contributed by atoms with Crippen LogP contribution in [0.2, 0.25) is 10.0 Å². The summed E-state index contributed by atoms with van der Waals surface area (Å²) in [6.07, 6.45) is 3.15. The summed E-state index contributed by atoms with van der Waals surface area (Å²) in [5, 5.41) is 1.49. The largest absolute Gasteiger partial charge is 0.288 e. The molecule has 2 aliphatic rings. The highest BCUT2D eigenvalue weighted by atomic mass is 35.5. The van der Waals surface area contributed by atoms with Crippen LogP contribution in [0, 0.1) is 0 Å². The van der Waals surface area contributed by atoms with Gasteiger partial charge in [0.25, 0.3) is 0 Å². The number of allylic oxidation sites excluding steroid dienone is 5. The normalized spacial score (nSPS) is 17.4. The Labute approximate surface area is 123 Å². The molecule has 0 saturated carbocycles. The van der Waals surface area contributed by atoms with Crippen molar-refractivity contribution in [2.24, 2.45) is 0 Å². The Morgan fingerprint density at radius 2 is 1.67 bits per heavy atom. The van der Waals surface area contributed by atoms with Gasteiger partial charge in [-0.3, -0.25) is 4.79 Å². The zero-order chi connectivity index (χ0) is 13.0. The number of carbonyl (C=O) groups is 1. The van der Waals surface area contributed by atoms with Gasteiger partial charge < -0.3 is 0 Å². The maximum atomic E-state index is 12.0. The summed E-state index contributed by atoms with van der Waals surface area (Å²) < 4.78 is 0. The first kappa shape index (κ1) is 12.3. The van der Waals surface area contributed by atoms with E-state index in [9.17, 15) is 4.79 Å². The van der Waals surface area contributed by atoms with Crippen molar-refractivity contribution >= 4 is 63.8 Å². The van der Waals surface area contributed by atoms with E-state index in [4.69, 9.17) is 46.4 Å². The molecule has 1 aromatic rings. The molecule has 2 aliphatic carbocycles. The van der Waals surface area contributed by atoms with E-state index in [2.05, 4.69) is 0 Å². The topological polar surface area (TPSA) is 17.1 Å². The molecule has 0 bridgehead atoms. The fourth-order valence-corrected chi connectivity index (χ4v) is 3.31. The number of rotatable bonds is 0. The number of fused-ring (bicyclic) bond motifs is 3. The molecule has 18 heavy (non-hydrogen) atoms. The number of hydrogen-bond donors (Lipinski definition) is 0. The Morgan fingerprint density at radius 3 is 2.39 bits per heavy atom. The molecule has 0 aromatic heterocycles. The molecule has 0 saturated heterocycles. The fourth-order valence-electron chi connectivity index (χ4n) is 2.14. The predicted octanol–water partition coefficient (Wildman–Crippen LogP) is 5.05. The van der Waals surface area contributed by atoms with Crippen molar-refractivity contribution < 1.29 is 4.79 Å². The molecule has 90 valence electrons. The quantitative estimate of drug-likeness (QED) is 0.654. The van der Waals surface area contributed by atoms with Gasteiger partial charge in [0, 0.05) is 21.7 Å². The van der Waals surface area contributed by atoms with Gasteiger partial charge in [0.1, 0.15) is 0 Å². The number of carbonyl (C=O) groups excluding carboxylic acids is 1. The van der Waals surface area contributed by atoms with Gasteiger partial charge >= 0.3 is 0 Å². The smallest absolute Gasteiger partial charge is 0.205 e. The van der Waals surface area contributed by atoms with Gasteiger partial charge in [-0.05, 0) is 29.8 Å². The van der Waals surface area contributed by atoms with Crippen LogP contribution in [0.25, 0.3) is 11.6 Å². The average Bonchev–Trinajstić information content (AvgIpc) is 2.65. The lowest BCUT2D eigenvalue weighted by molar-refractivity contribution is -0.111. The Kier molecular flexibility index (Phi) is 2.83. The first-order chi connectivity index (χ1) is 8.49. The van der Waals surface area contributed by atoms with Crippen molar-refractivity contribution in [3.8, 4) is 0 Å². The number of hydrogen-bond acceptors (Lipinski definition) is 1. The zero-order valence-corrected chi connectivity index (χ0v) is 11.8. The van der Waals surface area contributed by atoms with E-state index in [-0.39, 0.29) is 10.8 Å². The molecule has 0 N–H and O–H groups in total. The van der Waals surface area contributed by atoms with Crippen molar-refractivity contribution in [2.75, 3.05) is 0 Å². The maximum absolute atomic E-state index is 12.0. The second-order valence-corrected chi connectivity index (χ2v) is 5.61. The third kappa shape index (κ3) is 1.66. The number of ketones is 1. The molecule has 3 rings (SSSR count). The SMILES string of the molecule is O=C1C(Cl)=CC(Cl)=C2C1=Cc1cc(Cl)cc(Cl)c12. The Bertz CT molecular complexity index is 695. The molecule has 1 nitrogen and oxygen atoms in total. The molecule has 0 unspecified atom stereocenters. The van der Waals surface area contributed by atoms with Gasteiger partial charge in [0.15, 0.2) is 0 Å². The first-order valence-corrected chi connectivity index (χ1v) is 6.53. The van der Waals surface area contributed by atoms with Gasteiger partial charge in [0.05, 0.1) is 15.1 Å². The van der Waals surface area contributed by atoms with E-state index < -0.39 is 0 Å². The van der Waals surface area contributed by atoms with Crippen LogP contribution in [-0.2, 0) is 4.79 Å². The number of halogens is 4. The van der Waals surface area contributed by atoms with E-state index >= 15 is 0 Å². The van der Waals surface area contributed by atoms with Crippen LogP contribution in [0.15, 0.2) is 33.8 Å². The van der Waals surface area contributed by atoms with Gasteiger partial charge in [0.2, 0.25) is 5.78 Å². The Balaban J connectivity index is 2.36. The van der Waals surface area contributed by atoms with Crippen LogP contribution in [0.4, 0.5) is 0 Å². The molecular weight excluding hydrogens is 314 g/mol. The summed E-state index contributed by atoms with van der Waals surface area (Å²) in [6, 6.07) is 3.37. The minimum Gasteiger partial charge on any atom is -0.288 e. The van der Waals surface area contributed by atoms with Gasteiger partial charge in [-0.2, -0.15) is 0 Å². The van der Waals surface area contributed by atoms with Crippen molar-refractivity contribution in [2.45, 2.75) is 0 Å². The third-order valence-electron chi connectivity index (χ3n) is 2.86. The maximum Gasteiger partial charge on any atom is 0.205 e. The fraction of sp³-hybridized carbons (Fsp3) is 0. The summed E-state index contributed by atoms with van der Waals surface area (Å²) in [7, 11) is 0. The van der Waals surface area contributed by atoms with Crippen LogP contribution < -0.4 is 0 Å². The molecule has 0 fully saturated rings. The highest BCUT2D eigenvalue weighted by Gasteiger charge is 2.32. The van der Waals surface area contributed by atoms with Crippen LogP contribution in [0.3, 0.4) is 0 Å². The van der Waals surface area contributed by atoms with Crippen molar-refractivity contribution in [3.63, 3.8) is 0 Å². The van der Waals surface area contributed by atoms with Crippen molar-refractivity contribution in [1.29, 1.82) is 0 Å². The molecule has 1 aromatic carbocycles. The molecule has 0 amide bonds. The summed E-state index contributed by atoms with van der Waals surface area (Å²) in [5.41, 5.74) is 2.60. The minimum absolute atomic E-state index is 0.102. The van der Waals surface area contributed by atoms with Crippen LogP contribution in [0.1, 0.15) is 11.1 Å². The monoisotopic (exact) mass is 316 g/mol. The summed E-state index contributed by atoms with van der Waals surface area (Å²) in [5.74, 6) is -0.251. The molecule has 0 radical (unpaired) electrons. The van der Waals surface area contributed by atoms with Gasteiger partial charge in [-0.15, -0.1) is 0 Å². The van der Waals surface area contributed by atoms with Crippen molar-refractivity contribution in [3.05, 3.63) is 55.0 Å². The second-order valence-electron chi connectivity index (χ2n) is 3.95. The van der Waals surface area contributed by atoms with Crippen LogP contribution >= 0.6 is 46.4 Å². The lowest BCUT2D eigenvalue weighted by Crippen LogP contribution is -2.07. The van der Waals surface area contributed by atoms with Crippen LogP contribution in [-0.4, -0.2) is 5.78 Å². The zero-order valence-electron chi connectivity index (χ0n) is 8.73. The number of Topliss-reactive ketones (excluding diaryl/α,β-unsaturated/α-hetero) is 1. The Morgan fingerprint density at radius 1 is 0.944 bits per heavy atom. The molecular formula is C13H4Cl4O. The van der Waals surface area contributed by atoms with E-state index in [0.717, 1.165) is 11.1 Å². The average molecular weight is 318 g/mol. The summed E-state index contributed by atoms with van der Waals surface area (Å²) in [4.78, 5) is 12.0. The highest BCUT2D eigenvalue weighted by molar-refractivity contribution is 6.52. The van der Waals surface area contributed by atoms with E-state index in [1.807, 2.05) is 0 Å². The first-order valence-electron chi connectivity index (χ1n) is 5.02. The lowest BCUT2D eigenvalue weighted by atomic mass is 9.96. The van der Waals surface area contributed by atoms with Crippen molar-refractivity contribution in [1.82, 2.24) is 0 Å². The standard InChI is InChI=1S/C13H4Cl4O/c14-6-1-5-2-7-12(11(5)8(15)3-6)9(16)4-10(17)13(7)18/h1-4H. The Hall–Kier alpha value is -0.730. The summed E-state index contributed by atoms with van der Waals surface area (Å²) in [6.45, 7) is 0. The van der Waals surface area contributed by atoms with Gasteiger partial charge in [-0.1, -0.05) is 46.4 Å². The second kappa shape index (κ2) is 4.14. The molecule has 0 atom stereocenters. The molecule has 0 spiro atoms. The van der Waals surface area contributed by atoms with E-state index in [1.54, 1.807) is 18.2 Å². The molecule has 5 heteroatoms. The molecule has 0 heterocycles. The highest BCUT2D eigenvalue weighted by Crippen LogP contribution is 2.47. The van der Waals surface area contributed by atoms with E-state index in [0.29, 0.717) is 26.2 Å².